The number of hydrogen-bond acceptors (Lipinski definition) is 8. The number of methoxy groups -OCH3 is 2. The maximum atomic E-state index is 16.1. The molecule has 34 heavy (non-hydrogen) atoms. The monoisotopic (exact) mass is 500 g/mol. The van der Waals surface area contributed by atoms with Gasteiger partial charge in [-0.1, -0.05) is 11.6 Å². The number of pyridine rings is 1. The minimum atomic E-state index is -4.85. The zero-order chi connectivity index (χ0) is 24.8. The Bertz CT molecular complexity index is 1260. The molecule has 1 aromatic carbocycles. The molecule has 8 nitrogen and oxygen atoms in total. The summed E-state index contributed by atoms with van der Waals surface area (Å²) in [5.41, 5.74) is 2.64. The summed E-state index contributed by atoms with van der Waals surface area (Å²) >= 11 is 6.51. The predicted octanol–water partition coefficient (Wildman–Crippen LogP) is 3.82. The Labute approximate surface area is 197 Å². The topological polar surface area (TPSA) is 98.4 Å². The van der Waals surface area contributed by atoms with E-state index in [1.165, 1.54) is 21.1 Å². The largest absolute Gasteiger partial charge is 0.494 e. The Morgan fingerprint density at radius 2 is 1.79 bits per heavy atom. The van der Waals surface area contributed by atoms with Crippen molar-refractivity contribution in [3.63, 3.8) is 0 Å². The zero-order valence-corrected chi connectivity index (χ0v) is 19.2. The van der Waals surface area contributed by atoms with E-state index in [1.807, 2.05) is 4.90 Å². The van der Waals surface area contributed by atoms with Gasteiger partial charge < -0.3 is 25.4 Å². The third-order valence-electron chi connectivity index (χ3n) is 5.50. The smallest absolute Gasteiger partial charge is 0.418 e. The minimum absolute atomic E-state index is 0.0840. The molecule has 0 amide bonds. The van der Waals surface area contributed by atoms with Crippen molar-refractivity contribution < 1.29 is 27.0 Å². The lowest BCUT2D eigenvalue weighted by molar-refractivity contribution is -0.137. The molecule has 3 aromatic rings. The molecule has 0 saturated carbocycles. The number of benzene rings is 1. The van der Waals surface area contributed by atoms with Crippen LogP contribution >= 0.6 is 11.6 Å². The van der Waals surface area contributed by atoms with E-state index in [-0.39, 0.29) is 34.0 Å². The first-order valence-electron chi connectivity index (χ1n) is 10.2. The Kier molecular flexibility index (Phi) is 6.30. The van der Waals surface area contributed by atoms with Crippen LogP contribution in [0.15, 0.2) is 6.07 Å². The van der Waals surface area contributed by atoms with E-state index < -0.39 is 33.8 Å². The van der Waals surface area contributed by atoms with Crippen LogP contribution in [-0.2, 0) is 6.18 Å². The Morgan fingerprint density at radius 3 is 2.38 bits per heavy atom. The molecular formula is C21H21ClF4N6O2. The van der Waals surface area contributed by atoms with Gasteiger partial charge in [-0.05, 0) is 18.6 Å². The van der Waals surface area contributed by atoms with Crippen molar-refractivity contribution >= 4 is 34.1 Å². The van der Waals surface area contributed by atoms with Crippen LogP contribution in [0.25, 0.3) is 22.2 Å². The normalized spacial score (nSPS) is 14.5. The second-order valence-electron chi connectivity index (χ2n) is 7.62. The van der Waals surface area contributed by atoms with Crippen LogP contribution in [0.2, 0.25) is 5.02 Å². The number of aromatic nitrogens is 3. The molecule has 13 heteroatoms. The quantitative estimate of drug-likeness (QED) is 0.522. The molecule has 0 spiro atoms. The van der Waals surface area contributed by atoms with Gasteiger partial charge in [0.15, 0.2) is 11.6 Å². The molecule has 1 saturated heterocycles. The third kappa shape index (κ3) is 4.00. The summed E-state index contributed by atoms with van der Waals surface area (Å²) in [6.45, 7) is 3.57. The molecule has 1 aliphatic rings. The second kappa shape index (κ2) is 8.91. The van der Waals surface area contributed by atoms with E-state index in [4.69, 9.17) is 26.8 Å². The van der Waals surface area contributed by atoms with Gasteiger partial charge in [-0.25, -0.2) is 9.37 Å². The highest BCUT2D eigenvalue weighted by Crippen LogP contribution is 2.49. The van der Waals surface area contributed by atoms with Crippen LogP contribution < -0.4 is 25.4 Å². The summed E-state index contributed by atoms with van der Waals surface area (Å²) in [6.07, 6.45) is -4.85. The van der Waals surface area contributed by atoms with Crippen molar-refractivity contribution in [2.45, 2.75) is 13.1 Å². The molecule has 0 atom stereocenters. The number of piperazine rings is 1. The molecule has 1 aliphatic heterocycles. The van der Waals surface area contributed by atoms with E-state index in [9.17, 15) is 13.2 Å². The fourth-order valence-electron chi connectivity index (χ4n) is 4.07. The Hall–Kier alpha value is -3.12. The minimum Gasteiger partial charge on any atom is -0.494 e. The second-order valence-corrected chi connectivity index (χ2v) is 7.99. The van der Waals surface area contributed by atoms with Gasteiger partial charge >= 0.3 is 12.2 Å². The summed E-state index contributed by atoms with van der Waals surface area (Å²) in [6, 6.07) is 0.896. The molecule has 0 radical (unpaired) electrons. The van der Waals surface area contributed by atoms with Crippen LogP contribution in [-0.4, -0.2) is 55.4 Å². The Morgan fingerprint density at radius 1 is 1.12 bits per heavy atom. The van der Waals surface area contributed by atoms with Crippen molar-refractivity contribution in [1.29, 1.82) is 0 Å². The number of nitrogen functional groups attached to an aromatic ring is 1. The average Bonchev–Trinajstić information content (AvgIpc) is 2.78. The number of nitrogens with two attached hydrogens (primary N) is 1. The number of fused-ring (bicyclic) bond motifs is 1. The Balaban J connectivity index is 2.14. The van der Waals surface area contributed by atoms with Gasteiger partial charge in [-0.2, -0.15) is 23.1 Å². The fourth-order valence-corrected chi connectivity index (χ4v) is 4.41. The molecule has 1 fully saturated rings. The first kappa shape index (κ1) is 24.0. The van der Waals surface area contributed by atoms with E-state index in [2.05, 4.69) is 20.3 Å². The molecule has 0 aliphatic carbocycles. The fraction of sp³-hybridized carbons (Fsp3) is 0.381. The highest BCUT2D eigenvalue weighted by molar-refractivity contribution is 6.36. The SMILES string of the molecule is COc1nc(N2CCNCC2)c2c(OC)c(Cl)c(-c3nc(N)cc(C)c3C(F)(F)F)c(F)c2n1. The molecule has 0 bridgehead atoms. The van der Waals surface area contributed by atoms with Crippen LogP contribution in [0.4, 0.5) is 29.2 Å². The average molecular weight is 501 g/mol. The van der Waals surface area contributed by atoms with Crippen molar-refractivity contribution in [3.8, 4) is 23.0 Å². The summed E-state index contributed by atoms with van der Waals surface area (Å²) in [5, 5.41) is 2.91. The van der Waals surface area contributed by atoms with Crippen molar-refractivity contribution in [2.75, 3.05) is 51.0 Å². The predicted molar refractivity (Wildman–Crippen MR) is 120 cm³/mol. The van der Waals surface area contributed by atoms with E-state index in [1.54, 1.807) is 0 Å². The zero-order valence-electron chi connectivity index (χ0n) is 18.5. The first-order valence-corrected chi connectivity index (χ1v) is 10.6. The first-order chi connectivity index (χ1) is 16.1. The number of anilines is 2. The van der Waals surface area contributed by atoms with Crippen LogP contribution in [0.3, 0.4) is 0 Å². The highest BCUT2D eigenvalue weighted by Gasteiger charge is 2.39. The number of hydrogen-bond donors (Lipinski definition) is 2. The van der Waals surface area contributed by atoms with E-state index >= 15 is 4.39 Å². The van der Waals surface area contributed by atoms with Gasteiger partial charge in [0.05, 0.1) is 41.4 Å². The van der Waals surface area contributed by atoms with Gasteiger partial charge in [0, 0.05) is 26.2 Å². The molecule has 182 valence electrons. The molecule has 2 aromatic heterocycles. The number of nitrogens with one attached hydrogen (secondary N) is 1. The van der Waals surface area contributed by atoms with E-state index in [0.29, 0.717) is 32.0 Å². The standard InChI is InChI=1S/C21H21ClF4N6O2/c1-9-8-10(27)29-16(13(9)21(24,25)26)11-14(22)18(33-2)12-17(15(11)23)30-20(34-3)31-19(12)32-6-4-28-5-7-32/h8,28H,4-7H2,1-3H3,(H2,27,29). The summed E-state index contributed by atoms with van der Waals surface area (Å²) in [4.78, 5) is 14.1. The molecule has 3 heterocycles. The van der Waals surface area contributed by atoms with Gasteiger partial charge in [0.1, 0.15) is 17.2 Å². The molecule has 3 N–H and O–H groups in total. The van der Waals surface area contributed by atoms with Crippen LogP contribution in [0, 0.1) is 12.7 Å². The van der Waals surface area contributed by atoms with Gasteiger partial charge in [-0.3, -0.25) is 0 Å². The van der Waals surface area contributed by atoms with Crippen molar-refractivity contribution in [1.82, 2.24) is 20.3 Å². The summed E-state index contributed by atoms with van der Waals surface area (Å²) < 4.78 is 68.6. The summed E-state index contributed by atoms with van der Waals surface area (Å²) in [5.74, 6) is -1.14. The lowest BCUT2D eigenvalue weighted by Gasteiger charge is -2.30. The number of aryl methyl sites for hydroxylation is 1. The third-order valence-corrected chi connectivity index (χ3v) is 5.86. The number of ether oxygens (including phenoxy) is 2. The molecule has 0 unspecified atom stereocenters. The number of halogens is 5. The maximum absolute atomic E-state index is 16.1. The molecule has 4 rings (SSSR count). The molecular weight excluding hydrogens is 480 g/mol. The van der Waals surface area contributed by atoms with Crippen molar-refractivity contribution in [2.24, 2.45) is 0 Å². The highest BCUT2D eigenvalue weighted by atomic mass is 35.5. The number of alkyl halides is 3. The van der Waals surface area contributed by atoms with Crippen molar-refractivity contribution in [3.05, 3.63) is 28.0 Å². The summed E-state index contributed by atoms with van der Waals surface area (Å²) in [7, 11) is 2.58. The number of rotatable bonds is 4. The lowest BCUT2D eigenvalue weighted by Crippen LogP contribution is -2.44. The van der Waals surface area contributed by atoms with E-state index in [0.717, 1.165) is 6.07 Å². The number of nitrogens with zero attached hydrogens (tertiary/aromatic N) is 4. The van der Waals surface area contributed by atoms with Crippen LogP contribution in [0.1, 0.15) is 11.1 Å². The van der Waals surface area contributed by atoms with Gasteiger partial charge in [-0.15, -0.1) is 0 Å². The van der Waals surface area contributed by atoms with Gasteiger partial charge in [0.2, 0.25) is 0 Å². The van der Waals surface area contributed by atoms with Crippen LogP contribution in [0.5, 0.6) is 11.8 Å². The van der Waals surface area contributed by atoms with Gasteiger partial charge in [0.25, 0.3) is 0 Å². The maximum Gasteiger partial charge on any atom is 0.418 e. The lowest BCUT2D eigenvalue weighted by atomic mass is 9.98.